The van der Waals surface area contributed by atoms with E-state index in [2.05, 4.69) is 54.6 Å². The van der Waals surface area contributed by atoms with Crippen molar-refractivity contribution in [3.8, 4) is 0 Å². The number of allylic oxidation sites excluding steroid dienone is 1. The van der Waals surface area contributed by atoms with Gasteiger partial charge in [0, 0.05) is 24.6 Å². The van der Waals surface area contributed by atoms with Crippen LogP contribution in [0.25, 0.3) is 0 Å². The van der Waals surface area contributed by atoms with E-state index in [1.165, 1.54) is 35.5 Å². The van der Waals surface area contributed by atoms with E-state index in [0.717, 1.165) is 25.3 Å². The molecular formula is C22H28N4O. The number of fused-ring (bicyclic) bond motifs is 2. The Bertz CT molecular complexity index is 843. The molecule has 1 aliphatic carbocycles. The maximum Gasteiger partial charge on any atom is 0.212 e. The quantitative estimate of drug-likeness (QED) is 0.887. The molecule has 0 bridgehead atoms. The van der Waals surface area contributed by atoms with E-state index in [9.17, 15) is 0 Å². The van der Waals surface area contributed by atoms with Gasteiger partial charge in [0.2, 0.25) is 5.88 Å². The van der Waals surface area contributed by atoms with Crippen molar-refractivity contribution < 1.29 is 4.74 Å². The Morgan fingerprint density at radius 1 is 1.26 bits per heavy atom. The summed E-state index contributed by atoms with van der Waals surface area (Å²) < 4.78 is 5.51. The van der Waals surface area contributed by atoms with Gasteiger partial charge >= 0.3 is 0 Å². The average molecular weight is 364 g/mol. The molecule has 5 heteroatoms. The molecule has 1 N–H and O–H groups in total. The van der Waals surface area contributed by atoms with Crippen molar-refractivity contribution in [1.29, 1.82) is 0 Å². The summed E-state index contributed by atoms with van der Waals surface area (Å²) in [6.45, 7) is 5.52. The highest BCUT2D eigenvalue weighted by Crippen LogP contribution is 2.50. The maximum absolute atomic E-state index is 5.51. The molecule has 3 heterocycles. The smallest absolute Gasteiger partial charge is 0.212 e. The number of hydrazine groups is 1. The Balaban J connectivity index is 1.41. The van der Waals surface area contributed by atoms with Crippen LogP contribution in [0.2, 0.25) is 0 Å². The molecule has 142 valence electrons. The number of ether oxygens (including phenoxy) is 1. The summed E-state index contributed by atoms with van der Waals surface area (Å²) in [6.07, 6.45) is 4.48. The van der Waals surface area contributed by atoms with Gasteiger partial charge in [-0.05, 0) is 50.2 Å². The molecule has 0 spiro atoms. The lowest BCUT2D eigenvalue weighted by molar-refractivity contribution is 0.248. The molecule has 27 heavy (non-hydrogen) atoms. The number of benzene rings is 1. The van der Waals surface area contributed by atoms with Crippen molar-refractivity contribution in [2.75, 3.05) is 13.7 Å². The Morgan fingerprint density at radius 3 is 2.85 bits per heavy atom. The van der Waals surface area contributed by atoms with Crippen molar-refractivity contribution in [2.45, 2.75) is 51.1 Å². The van der Waals surface area contributed by atoms with Gasteiger partial charge in [-0.25, -0.2) is 15.4 Å². The third kappa shape index (κ3) is 2.71. The Morgan fingerprint density at radius 2 is 2.07 bits per heavy atom. The van der Waals surface area contributed by atoms with Crippen LogP contribution < -0.4 is 5.43 Å². The topological polar surface area (TPSA) is 49.2 Å². The molecule has 5 rings (SSSR count). The number of amidine groups is 1. The first kappa shape index (κ1) is 17.0. The molecule has 1 saturated carbocycles. The second kappa shape index (κ2) is 6.20. The predicted molar refractivity (Wildman–Crippen MR) is 107 cm³/mol. The van der Waals surface area contributed by atoms with Crippen LogP contribution in [-0.4, -0.2) is 36.4 Å². The van der Waals surface area contributed by atoms with Crippen molar-refractivity contribution in [2.24, 2.45) is 21.8 Å². The summed E-state index contributed by atoms with van der Waals surface area (Å²) in [5, 5.41) is 2.28. The summed E-state index contributed by atoms with van der Waals surface area (Å²) in [7, 11) is 1.72. The number of hydrogen-bond donors (Lipinski definition) is 1. The number of methoxy groups -OCH3 is 1. The summed E-state index contributed by atoms with van der Waals surface area (Å²) >= 11 is 0. The second-order valence-corrected chi connectivity index (χ2v) is 8.50. The molecular weight excluding hydrogens is 336 g/mol. The van der Waals surface area contributed by atoms with E-state index in [1.807, 2.05) is 0 Å². The van der Waals surface area contributed by atoms with Gasteiger partial charge in [0.05, 0.1) is 12.5 Å². The van der Waals surface area contributed by atoms with Gasteiger partial charge in [-0.2, -0.15) is 0 Å². The Hall–Kier alpha value is -2.14. The van der Waals surface area contributed by atoms with Crippen LogP contribution in [0.1, 0.15) is 45.1 Å². The zero-order valence-corrected chi connectivity index (χ0v) is 16.4. The van der Waals surface area contributed by atoms with Crippen LogP contribution in [-0.2, 0) is 10.2 Å². The molecule has 1 aromatic carbocycles. The third-order valence-electron chi connectivity index (χ3n) is 6.75. The van der Waals surface area contributed by atoms with Gasteiger partial charge in [-0.3, -0.25) is 5.01 Å². The number of aliphatic imine (C=N–C) groups is 2. The van der Waals surface area contributed by atoms with Gasteiger partial charge in [0.1, 0.15) is 12.0 Å². The van der Waals surface area contributed by atoms with E-state index < -0.39 is 0 Å². The molecule has 0 amide bonds. The number of piperidine rings is 1. The lowest BCUT2D eigenvalue weighted by Gasteiger charge is -2.40. The minimum absolute atomic E-state index is 0.0219. The van der Waals surface area contributed by atoms with Crippen molar-refractivity contribution in [1.82, 2.24) is 10.4 Å². The van der Waals surface area contributed by atoms with Crippen LogP contribution in [0.4, 0.5) is 0 Å². The standard InChI is InChI=1S/C22H28N4O/c1-14-16-12-17(16)18(23-20(14)27-3)13-19-24-21-22(2,10-7-11-26(21)25-19)15-8-5-4-6-9-15/h4-6,8-9,16-17,19,25H,7,10-13H2,1-3H3/t16?,17?,19?,22-/m1/s1. The first-order valence-corrected chi connectivity index (χ1v) is 10.1. The van der Waals surface area contributed by atoms with Crippen LogP contribution in [0, 0.1) is 11.8 Å². The van der Waals surface area contributed by atoms with Crippen LogP contribution in [0.5, 0.6) is 0 Å². The van der Waals surface area contributed by atoms with E-state index in [0.29, 0.717) is 11.8 Å². The van der Waals surface area contributed by atoms with Gasteiger partial charge in [-0.15, -0.1) is 0 Å². The fourth-order valence-electron chi connectivity index (χ4n) is 5.07. The fourth-order valence-corrected chi connectivity index (χ4v) is 5.07. The molecule has 4 atom stereocenters. The second-order valence-electron chi connectivity index (χ2n) is 8.50. The van der Waals surface area contributed by atoms with E-state index in [4.69, 9.17) is 14.7 Å². The molecule has 2 fully saturated rings. The maximum atomic E-state index is 5.51. The fraction of sp³-hybridized carbons (Fsp3) is 0.545. The molecule has 4 aliphatic rings. The minimum Gasteiger partial charge on any atom is -0.481 e. The predicted octanol–water partition coefficient (Wildman–Crippen LogP) is 3.64. The highest BCUT2D eigenvalue weighted by Gasteiger charge is 2.48. The molecule has 0 aromatic heterocycles. The number of hydrogen-bond acceptors (Lipinski definition) is 5. The Kier molecular flexibility index (Phi) is 3.90. The van der Waals surface area contributed by atoms with Crippen molar-refractivity contribution in [3.63, 3.8) is 0 Å². The van der Waals surface area contributed by atoms with Gasteiger partial charge in [0.25, 0.3) is 0 Å². The van der Waals surface area contributed by atoms with Crippen molar-refractivity contribution in [3.05, 3.63) is 47.4 Å². The lowest BCUT2D eigenvalue weighted by Crippen LogP contribution is -2.52. The van der Waals surface area contributed by atoms with Crippen LogP contribution in [0.15, 0.2) is 51.8 Å². The first-order chi connectivity index (χ1) is 13.1. The largest absolute Gasteiger partial charge is 0.481 e. The molecule has 0 radical (unpaired) electrons. The van der Waals surface area contributed by atoms with Gasteiger partial charge < -0.3 is 4.74 Å². The highest BCUT2D eigenvalue weighted by molar-refractivity contribution is 5.96. The normalized spacial score (nSPS) is 34.6. The molecule has 3 aliphatic heterocycles. The van der Waals surface area contributed by atoms with Crippen molar-refractivity contribution >= 4 is 11.5 Å². The summed E-state index contributed by atoms with van der Waals surface area (Å²) in [5.74, 6) is 3.25. The zero-order valence-electron chi connectivity index (χ0n) is 16.4. The summed E-state index contributed by atoms with van der Waals surface area (Å²) in [6, 6.07) is 10.8. The molecule has 1 saturated heterocycles. The lowest BCUT2D eigenvalue weighted by atomic mass is 9.75. The van der Waals surface area contributed by atoms with E-state index in [-0.39, 0.29) is 11.6 Å². The number of nitrogens with zero attached hydrogens (tertiary/aromatic N) is 3. The number of nitrogens with one attached hydrogen (secondary N) is 1. The number of rotatable bonds is 4. The minimum atomic E-state index is -0.0219. The molecule has 1 aromatic rings. The zero-order chi connectivity index (χ0) is 18.6. The highest BCUT2D eigenvalue weighted by atomic mass is 16.5. The summed E-state index contributed by atoms with van der Waals surface area (Å²) in [5.41, 5.74) is 7.54. The van der Waals surface area contributed by atoms with Crippen LogP contribution in [0.3, 0.4) is 0 Å². The average Bonchev–Trinajstić information content (AvgIpc) is 3.39. The monoisotopic (exact) mass is 364 g/mol. The summed E-state index contributed by atoms with van der Waals surface area (Å²) in [4.78, 5) is 9.98. The van der Waals surface area contributed by atoms with E-state index >= 15 is 0 Å². The van der Waals surface area contributed by atoms with E-state index in [1.54, 1.807) is 7.11 Å². The van der Waals surface area contributed by atoms with Crippen LogP contribution >= 0.6 is 0 Å². The van der Waals surface area contributed by atoms with Gasteiger partial charge in [0.15, 0.2) is 0 Å². The first-order valence-electron chi connectivity index (χ1n) is 10.1. The Labute approximate surface area is 161 Å². The van der Waals surface area contributed by atoms with Gasteiger partial charge in [-0.1, -0.05) is 30.3 Å². The third-order valence-corrected chi connectivity index (χ3v) is 6.75. The molecule has 5 nitrogen and oxygen atoms in total. The SMILES string of the molecule is COC1=C(C)C2CC2C(CC2N=C3N(CCC[C@]3(C)c3ccccc3)N2)=N1. The molecule has 3 unspecified atom stereocenters.